The van der Waals surface area contributed by atoms with Crippen molar-refractivity contribution in [2.24, 2.45) is 11.8 Å². The van der Waals surface area contributed by atoms with Gasteiger partial charge in [0.25, 0.3) is 0 Å². The van der Waals surface area contributed by atoms with E-state index in [-0.39, 0.29) is 0 Å². The highest BCUT2D eigenvalue weighted by atomic mass is 14.3. The van der Waals surface area contributed by atoms with E-state index in [1.807, 2.05) is 6.92 Å². The fraction of sp³-hybridized carbons (Fsp3) is 1.00. The van der Waals surface area contributed by atoms with Crippen LogP contribution in [0.15, 0.2) is 0 Å². The van der Waals surface area contributed by atoms with Crippen LogP contribution in [-0.2, 0) is 0 Å². The Labute approximate surface area is 73.0 Å². The van der Waals surface area contributed by atoms with Crippen LogP contribution in [0.5, 0.6) is 0 Å². The van der Waals surface area contributed by atoms with Gasteiger partial charge in [-0.25, -0.2) is 0 Å². The van der Waals surface area contributed by atoms with Crippen molar-refractivity contribution in [2.75, 3.05) is 0 Å². The van der Waals surface area contributed by atoms with Crippen molar-refractivity contribution in [1.29, 1.82) is 0 Å². The Morgan fingerprint density at radius 1 is 1.36 bits per heavy atom. The van der Waals surface area contributed by atoms with Crippen LogP contribution >= 0.6 is 0 Å². The molecule has 2 heteroatoms. The van der Waals surface area contributed by atoms with Crippen LogP contribution in [0.25, 0.3) is 0 Å². The zero-order valence-corrected chi connectivity index (χ0v) is 7.64. The van der Waals surface area contributed by atoms with Gasteiger partial charge in [0.1, 0.15) is 0 Å². The van der Waals surface area contributed by atoms with E-state index >= 15 is 0 Å². The van der Waals surface area contributed by atoms with Crippen LogP contribution < -0.4 is 0 Å². The third kappa shape index (κ3) is 3.35. The molecular formula is C9H16B2. The summed E-state index contributed by atoms with van der Waals surface area (Å²) in [6.07, 6.45) is 4.99. The van der Waals surface area contributed by atoms with Crippen molar-refractivity contribution < 1.29 is 0 Å². The molecule has 0 spiro atoms. The molecule has 0 amide bonds. The highest BCUT2D eigenvalue weighted by molar-refractivity contribution is 6.39. The van der Waals surface area contributed by atoms with Crippen molar-refractivity contribution in [3.8, 4) is 0 Å². The summed E-state index contributed by atoms with van der Waals surface area (Å²) in [6.45, 7) is 4.22. The molecule has 58 valence electrons. The highest BCUT2D eigenvalue weighted by Crippen LogP contribution is 2.38. The Morgan fingerprint density at radius 2 is 2.00 bits per heavy atom. The molecule has 0 aromatic heterocycles. The van der Waals surface area contributed by atoms with Gasteiger partial charge in [-0.1, -0.05) is 33.1 Å². The van der Waals surface area contributed by atoms with E-state index in [1.165, 1.54) is 19.3 Å². The Hall–Kier alpha value is 0.130. The van der Waals surface area contributed by atoms with Crippen LogP contribution in [0.3, 0.4) is 0 Å². The lowest BCUT2D eigenvalue weighted by molar-refractivity contribution is 0.458. The van der Waals surface area contributed by atoms with E-state index < -0.39 is 5.21 Å². The third-order valence-corrected chi connectivity index (χ3v) is 2.53. The molecular weight excluding hydrogens is 130 g/mol. The summed E-state index contributed by atoms with van der Waals surface area (Å²) in [4.78, 5) is 0. The van der Waals surface area contributed by atoms with Gasteiger partial charge in [0.15, 0.2) is 0 Å². The Morgan fingerprint density at radius 3 is 2.36 bits per heavy atom. The number of rotatable bonds is 2. The molecule has 4 radical (unpaired) electrons. The van der Waals surface area contributed by atoms with Crippen LogP contribution in [0.4, 0.5) is 0 Å². The van der Waals surface area contributed by atoms with Gasteiger partial charge >= 0.3 is 0 Å². The van der Waals surface area contributed by atoms with Crippen molar-refractivity contribution in [3.05, 3.63) is 0 Å². The first-order valence-corrected chi connectivity index (χ1v) is 4.55. The van der Waals surface area contributed by atoms with Crippen molar-refractivity contribution in [3.63, 3.8) is 0 Å². The Balaban J connectivity index is 2.29. The smallest absolute Gasteiger partial charge is 0.0617 e. The van der Waals surface area contributed by atoms with E-state index in [9.17, 15) is 0 Å². The molecule has 2 unspecified atom stereocenters. The molecule has 0 aliphatic heterocycles. The van der Waals surface area contributed by atoms with Gasteiger partial charge in [-0.15, -0.1) is 5.21 Å². The van der Waals surface area contributed by atoms with E-state index in [4.69, 9.17) is 15.7 Å². The van der Waals surface area contributed by atoms with Crippen LogP contribution in [0, 0.1) is 11.8 Å². The SMILES string of the molecule is [B]C([B])(C)CC1CCC(C)C1. The molecule has 1 aliphatic rings. The molecule has 1 rings (SSSR count). The molecule has 0 bridgehead atoms. The fourth-order valence-electron chi connectivity index (χ4n) is 2.13. The van der Waals surface area contributed by atoms with E-state index in [1.54, 1.807) is 0 Å². The minimum atomic E-state index is -0.450. The molecule has 1 saturated carbocycles. The Kier molecular flexibility index (Phi) is 2.72. The summed E-state index contributed by atoms with van der Waals surface area (Å²) in [7, 11) is 11.5. The maximum absolute atomic E-state index is 5.74. The van der Waals surface area contributed by atoms with Gasteiger partial charge in [0.05, 0.1) is 15.7 Å². The first-order valence-electron chi connectivity index (χ1n) is 4.55. The Bertz CT molecular complexity index is 126. The first kappa shape index (κ1) is 9.22. The largest absolute Gasteiger partial charge is 0.101 e. The third-order valence-electron chi connectivity index (χ3n) is 2.53. The topological polar surface area (TPSA) is 0 Å². The summed E-state index contributed by atoms with van der Waals surface area (Å²) >= 11 is 0. The number of hydrogen-bond donors (Lipinski definition) is 0. The second-order valence-electron chi connectivity index (χ2n) is 4.49. The van der Waals surface area contributed by atoms with Crippen LogP contribution in [-0.4, -0.2) is 15.7 Å². The normalized spacial score (nSPS) is 32.5. The van der Waals surface area contributed by atoms with Gasteiger partial charge in [-0.3, -0.25) is 0 Å². The lowest BCUT2D eigenvalue weighted by atomic mass is 9.52. The van der Waals surface area contributed by atoms with Gasteiger partial charge in [-0.05, 0) is 18.3 Å². The van der Waals surface area contributed by atoms with Crippen LogP contribution in [0.2, 0.25) is 5.21 Å². The van der Waals surface area contributed by atoms with Crippen molar-refractivity contribution >= 4 is 15.7 Å². The average molecular weight is 146 g/mol. The standard InChI is InChI=1S/C9H16B2/c1-7-3-4-8(5-7)6-9(2,10)11/h7-8H,3-6H2,1-2H3. The van der Waals surface area contributed by atoms with Crippen molar-refractivity contribution in [1.82, 2.24) is 0 Å². The van der Waals surface area contributed by atoms with Crippen LogP contribution in [0.1, 0.15) is 39.5 Å². The minimum Gasteiger partial charge on any atom is -0.101 e. The number of hydrogen-bond acceptors (Lipinski definition) is 0. The maximum Gasteiger partial charge on any atom is 0.0617 e. The van der Waals surface area contributed by atoms with Crippen molar-refractivity contribution in [2.45, 2.75) is 44.7 Å². The fourth-order valence-corrected chi connectivity index (χ4v) is 2.13. The van der Waals surface area contributed by atoms with E-state index in [2.05, 4.69) is 6.92 Å². The monoisotopic (exact) mass is 146 g/mol. The van der Waals surface area contributed by atoms with Gasteiger partial charge < -0.3 is 0 Å². The van der Waals surface area contributed by atoms with Gasteiger partial charge in [0.2, 0.25) is 0 Å². The molecule has 0 nitrogen and oxygen atoms in total. The summed E-state index contributed by atoms with van der Waals surface area (Å²) in [5.41, 5.74) is 0. The molecule has 0 N–H and O–H groups in total. The maximum atomic E-state index is 5.74. The average Bonchev–Trinajstić information content (AvgIpc) is 2.10. The summed E-state index contributed by atoms with van der Waals surface area (Å²) in [6, 6.07) is 0. The second kappa shape index (κ2) is 3.25. The molecule has 11 heavy (non-hydrogen) atoms. The predicted octanol–water partition coefficient (Wildman–Crippen LogP) is 2.29. The molecule has 0 heterocycles. The van der Waals surface area contributed by atoms with E-state index in [0.717, 1.165) is 18.3 Å². The minimum absolute atomic E-state index is 0.450. The first-order chi connectivity index (χ1) is 4.97. The summed E-state index contributed by atoms with van der Waals surface area (Å²) < 4.78 is 0. The summed E-state index contributed by atoms with van der Waals surface area (Å²) in [5.74, 6) is 1.67. The molecule has 0 aromatic carbocycles. The second-order valence-corrected chi connectivity index (χ2v) is 4.49. The quantitative estimate of drug-likeness (QED) is 0.524. The van der Waals surface area contributed by atoms with E-state index in [0.29, 0.717) is 0 Å². The predicted molar refractivity (Wildman–Crippen MR) is 51.0 cm³/mol. The molecule has 0 saturated heterocycles. The molecule has 1 fully saturated rings. The summed E-state index contributed by atoms with van der Waals surface area (Å²) in [5, 5.41) is -0.450. The highest BCUT2D eigenvalue weighted by Gasteiger charge is 2.24. The lowest BCUT2D eigenvalue weighted by Gasteiger charge is -2.23. The molecule has 0 aromatic rings. The van der Waals surface area contributed by atoms with Gasteiger partial charge in [0, 0.05) is 0 Å². The van der Waals surface area contributed by atoms with Gasteiger partial charge in [-0.2, -0.15) is 0 Å². The zero-order chi connectivity index (χ0) is 8.48. The molecule has 2 atom stereocenters. The lowest BCUT2D eigenvalue weighted by Crippen LogP contribution is -2.12. The zero-order valence-electron chi connectivity index (χ0n) is 7.64. The molecule has 1 aliphatic carbocycles.